The zero-order valence-corrected chi connectivity index (χ0v) is 6.35. The Balaban J connectivity index is 3.59. The van der Waals surface area contributed by atoms with Crippen LogP contribution in [0.25, 0.3) is 0 Å². The van der Waals surface area contributed by atoms with Crippen molar-refractivity contribution in [1.82, 2.24) is 0 Å². The summed E-state index contributed by atoms with van der Waals surface area (Å²) < 4.78 is 0. The van der Waals surface area contributed by atoms with Gasteiger partial charge in [-0.25, -0.2) is 0 Å². The summed E-state index contributed by atoms with van der Waals surface area (Å²) in [6.07, 6.45) is 2.01. The molecule has 0 rings (SSSR count). The number of rotatable bonds is 3. The molecular formula is C7H14NO-. The molecular weight excluding hydrogens is 114 g/mol. The van der Waals surface area contributed by atoms with Crippen molar-refractivity contribution >= 4 is 5.90 Å². The molecule has 1 unspecified atom stereocenters. The predicted molar refractivity (Wildman–Crippen MR) is 37.4 cm³/mol. The van der Waals surface area contributed by atoms with Crippen LogP contribution in [0.2, 0.25) is 0 Å². The monoisotopic (exact) mass is 128 g/mol. The Labute approximate surface area is 56.6 Å². The second-order valence-electron chi connectivity index (χ2n) is 2.25. The summed E-state index contributed by atoms with van der Waals surface area (Å²) >= 11 is 0. The summed E-state index contributed by atoms with van der Waals surface area (Å²) in [7, 11) is 1.55. The van der Waals surface area contributed by atoms with E-state index in [-0.39, 0.29) is 11.8 Å². The maximum atomic E-state index is 10.7. The van der Waals surface area contributed by atoms with Gasteiger partial charge in [-0.15, -0.1) is 0 Å². The Morgan fingerprint density at radius 2 is 2.22 bits per heavy atom. The minimum absolute atomic E-state index is 0.0249. The second kappa shape index (κ2) is 4.36. The van der Waals surface area contributed by atoms with Crippen LogP contribution in [0.1, 0.15) is 26.7 Å². The molecule has 0 radical (unpaired) electrons. The molecule has 0 amide bonds. The topological polar surface area (TPSA) is 35.4 Å². The van der Waals surface area contributed by atoms with E-state index in [9.17, 15) is 5.11 Å². The highest BCUT2D eigenvalue weighted by molar-refractivity contribution is 5.73. The van der Waals surface area contributed by atoms with Gasteiger partial charge in [0.2, 0.25) is 0 Å². The molecule has 1 atom stereocenters. The van der Waals surface area contributed by atoms with E-state index in [0.29, 0.717) is 0 Å². The lowest BCUT2D eigenvalue weighted by atomic mass is 10.1. The van der Waals surface area contributed by atoms with Crippen LogP contribution in [0.5, 0.6) is 0 Å². The number of aliphatic imine (C=N–C) groups is 1. The lowest BCUT2D eigenvalue weighted by Crippen LogP contribution is -2.25. The van der Waals surface area contributed by atoms with Crippen LogP contribution in [-0.2, 0) is 0 Å². The van der Waals surface area contributed by atoms with Gasteiger partial charge < -0.3 is 10.1 Å². The van der Waals surface area contributed by atoms with Crippen molar-refractivity contribution in [3.05, 3.63) is 0 Å². The molecule has 0 aliphatic heterocycles. The molecule has 2 heteroatoms. The van der Waals surface area contributed by atoms with Crippen molar-refractivity contribution in [3.8, 4) is 0 Å². The predicted octanol–water partition coefficient (Wildman–Crippen LogP) is 0.811. The molecule has 2 nitrogen and oxygen atoms in total. The van der Waals surface area contributed by atoms with Crippen molar-refractivity contribution in [2.24, 2.45) is 10.9 Å². The second-order valence-corrected chi connectivity index (χ2v) is 2.25. The molecule has 0 aromatic rings. The summed E-state index contributed by atoms with van der Waals surface area (Å²) in [6.45, 7) is 3.98. The van der Waals surface area contributed by atoms with Crippen LogP contribution >= 0.6 is 0 Å². The van der Waals surface area contributed by atoms with Crippen LogP contribution in [0, 0.1) is 5.92 Å². The molecule has 0 heterocycles. The highest BCUT2D eigenvalue weighted by atomic mass is 16.3. The Morgan fingerprint density at radius 1 is 1.67 bits per heavy atom. The van der Waals surface area contributed by atoms with Crippen LogP contribution < -0.4 is 5.11 Å². The lowest BCUT2D eigenvalue weighted by molar-refractivity contribution is -0.223. The molecule has 0 aliphatic carbocycles. The lowest BCUT2D eigenvalue weighted by Gasteiger charge is -2.16. The zero-order valence-electron chi connectivity index (χ0n) is 6.35. The smallest absolute Gasteiger partial charge is 0.0266 e. The molecule has 0 aromatic heterocycles. The highest BCUT2D eigenvalue weighted by Gasteiger charge is 1.96. The number of nitrogens with zero attached hydrogens (tertiary/aromatic N) is 1. The van der Waals surface area contributed by atoms with Gasteiger partial charge in [0.15, 0.2) is 0 Å². The van der Waals surface area contributed by atoms with Gasteiger partial charge in [0.1, 0.15) is 0 Å². The fourth-order valence-corrected chi connectivity index (χ4v) is 0.777. The van der Waals surface area contributed by atoms with Gasteiger partial charge in [0, 0.05) is 7.05 Å². The van der Waals surface area contributed by atoms with Crippen molar-refractivity contribution in [2.75, 3.05) is 7.05 Å². The molecule has 0 spiro atoms. The van der Waals surface area contributed by atoms with Crippen molar-refractivity contribution in [1.29, 1.82) is 0 Å². The zero-order chi connectivity index (χ0) is 7.28. The molecule has 0 bridgehead atoms. The van der Waals surface area contributed by atoms with E-state index in [1.54, 1.807) is 7.05 Å². The van der Waals surface area contributed by atoms with Gasteiger partial charge in [0.05, 0.1) is 0 Å². The molecule has 0 aromatic carbocycles. The standard InChI is InChI=1S/C7H15NO/c1-4-5-6(2)7(9)8-3/h6H,4-5H2,1-3H3,(H,8,9)/p-1. The van der Waals surface area contributed by atoms with Gasteiger partial charge in [-0.1, -0.05) is 20.3 Å². The first-order valence-corrected chi connectivity index (χ1v) is 3.36. The third-order valence-electron chi connectivity index (χ3n) is 1.36. The molecule has 54 valence electrons. The molecule has 0 saturated heterocycles. The number of hydrogen-bond acceptors (Lipinski definition) is 2. The van der Waals surface area contributed by atoms with Crippen LogP contribution in [-0.4, -0.2) is 12.9 Å². The third kappa shape index (κ3) is 3.12. The molecule has 0 N–H and O–H groups in total. The largest absolute Gasteiger partial charge is 0.862 e. The summed E-state index contributed by atoms with van der Waals surface area (Å²) in [5.74, 6) is 0.150. The van der Waals surface area contributed by atoms with Crippen molar-refractivity contribution < 1.29 is 5.11 Å². The number of hydrogen-bond donors (Lipinski definition) is 0. The van der Waals surface area contributed by atoms with Crippen LogP contribution in [0.3, 0.4) is 0 Å². The first-order valence-electron chi connectivity index (χ1n) is 3.36. The van der Waals surface area contributed by atoms with E-state index < -0.39 is 0 Å². The van der Waals surface area contributed by atoms with Gasteiger partial charge in [-0.2, -0.15) is 0 Å². The normalized spacial score (nSPS) is 15.7. The van der Waals surface area contributed by atoms with E-state index in [4.69, 9.17) is 0 Å². The summed E-state index contributed by atoms with van der Waals surface area (Å²) in [5, 5.41) is 10.7. The highest BCUT2D eigenvalue weighted by Crippen LogP contribution is 2.03. The van der Waals surface area contributed by atoms with E-state index in [2.05, 4.69) is 11.9 Å². The van der Waals surface area contributed by atoms with Crippen LogP contribution in [0.15, 0.2) is 4.99 Å². The SMILES string of the molecule is CCCC(C)C([O-])=NC. The molecule has 0 aliphatic rings. The molecule has 0 saturated carbocycles. The molecule has 9 heavy (non-hydrogen) atoms. The Hall–Kier alpha value is -0.530. The van der Waals surface area contributed by atoms with E-state index in [1.807, 2.05) is 6.92 Å². The fourth-order valence-electron chi connectivity index (χ4n) is 0.777. The Kier molecular flexibility index (Phi) is 4.10. The third-order valence-corrected chi connectivity index (χ3v) is 1.36. The average Bonchev–Trinajstić information content (AvgIpc) is 1.87. The Morgan fingerprint density at radius 3 is 2.56 bits per heavy atom. The van der Waals surface area contributed by atoms with E-state index in [1.165, 1.54) is 0 Å². The summed E-state index contributed by atoms with van der Waals surface area (Å²) in [6, 6.07) is 0. The first kappa shape index (κ1) is 8.47. The van der Waals surface area contributed by atoms with E-state index >= 15 is 0 Å². The maximum Gasteiger partial charge on any atom is 0.0266 e. The summed E-state index contributed by atoms with van der Waals surface area (Å²) in [5.41, 5.74) is 0. The van der Waals surface area contributed by atoms with Crippen molar-refractivity contribution in [2.45, 2.75) is 26.7 Å². The van der Waals surface area contributed by atoms with Crippen molar-refractivity contribution in [3.63, 3.8) is 0 Å². The molecule has 0 fully saturated rings. The minimum Gasteiger partial charge on any atom is -0.862 e. The average molecular weight is 128 g/mol. The maximum absolute atomic E-state index is 10.7. The van der Waals surface area contributed by atoms with Gasteiger partial charge in [0.25, 0.3) is 0 Å². The first-order chi connectivity index (χ1) is 4.22. The quantitative estimate of drug-likeness (QED) is 0.409. The van der Waals surface area contributed by atoms with Gasteiger partial charge in [-0.05, 0) is 18.2 Å². The Bertz CT molecular complexity index is 99.1. The van der Waals surface area contributed by atoms with E-state index in [0.717, 1.165) is 12.8 Å². The van der Waals surface area contributed by atoms with Gasteiger partial charge in [-0.3, -0.25) is 0 Å². The minimum atomic E-state index is 0.0249. The fraction of sp³-hybridized carbons (Fsp3) is 0.857. The van der Waals surface area contributed by atoms with Gasteiger partial charge >= 0.3 is 0 Å². The van der Waals surface area contributed by atoms with Crippen LogP contribution in [0.4, 0.5) is 0 Å². The summed E-state index contributed by atoms with van der Waals surface area (Å²) in [4.78, 5) is 3.57.